The lowest BCUT2D eigenvalue weighted by Crippen LogP contribution is -2.36. The van der Waals surface area contributed by atoms with E-state index in [0.717, 1.165) is 38.6 Å². The van der Waals surface area contributed by atoms with Crippen LogP contribution in [0, 0.1) is 5.92 Å². The lowest BCUT2D eigenvalue weighted by atomic mass is 9.87. The van der Waals surface area contributed by atoms with Gasteiger partial charge in [0.1, 0.15) is 6.10 Å². The fourth-order valence-corrected chi connectivity index (χ4v) is 8.59. The zero-order valence-corrected chi connectivity index (χ0v) is 44.3. The van der Waals surface area contributed by atoms with Crippen LogP contribution >= 0.6 is 0 Å². The summed E-state index contributed by atoms with van der Waals surface area (Å²) in [6.45, 7) is 8.27. The van der Waals surface area contributed by atoms with Crippen LogP contribution in [0.2, 0.25) is 0 Å². The molecular formula is C61H112N2O2. The van der Waals surface area contributed by atoms with Crippen molar-refractivity contribution in [1.29, 1.82) is 0 Å². The summed E-state index contributed by atoms with van der Waals surface area (Å²) in [5.41, 5.74) is 0. The molecule has 1 N–H and O–H groups in total. The number of nitrogens with one attached hydrogen (secondary N) is 1. The Morgan fingerprint density at radius 2 is 0.692 bits per heavy atom. The first-order valence-corrected chi connectivity index (χ1v) is 28.5. The molecule has 0 bridgehead atoms. The quantitative estimate of drug-likeness (QED) is 0.0488. The Morgan fingerprint density at radius 1 is 0.400 bits per heavy atom. The number of nitrogens with zero attached hydrogens (tertiary/aromatic N) is 1. The molecule has 1 atom stereocenters. The van der Waals surface area contributed by atoms with Crippen molar-refractivity contribution in [2.75, 3.05) is 27.2 Å². The molecule has 0 rings (SSSR count). The van der Waals surface area contributed by atoms with E-state index in [1.54, 1.807) is 0 Å². The Kier molecular flexibility index (Phi) is 52.3. The van der Waals surface area contributed by atoms with Gasteiger partial charge in [-0.2, -0.15) is 0 Å². The van der Waals surface area contributed by atoms with E-state index >= 15 is 0 Å². The van der Waals surface area contributed by atoms with Crippen LogP contribution in [0.1, 0.15) is 271 Å². The van der Waals surface area contributed by atoms with Gasteiger partial charge >= 0.3 is 6.09 Å². The molecule has 378 valence electrons. The second kappa shape index (κ2) is 54.3. The number of carbonyl (C=O) groups is 1. The van der Waals surface area contributed by atoms with E-state index in [1.807, 2.05) is 0 Å². The Hall–Kier alpha value is -2.33. The smallest absolute Gasteiger partial charge is 0.407 e. The van der Waals surface area contributed by atoms with E-state index in [4.69, 9.17) is 4.74 Å². The average molecular weight is 906 g/mol. The van der Waals surface area contributed by atoms with Crippen LogP contribution in [0.5, 0.6) is 0 Å². The Balaban J connectivity index is 4.98. The summed E-state index contributed by atoms with van der Waals surface area (Å²) in [5, 5.41) is 3.08. The van der Waals surface area contributed by atoms with E-state index < -0.39 is 0 Å². The number of hydrogen-bond acceptors (Lipinski definition) is 3. The minimum atomic E-state index is -0.212. The highest BCUT2D eigenvalue weighted by atomic mass is 16.6. The third-order valence-corrected chi connectivity index (χ3v) is 12.9. The van der Waals surface area contributed by atoms with Gasteiger partial charge in [-0.1, -0.05) is 222 Å². The summed E-state index contributed by atoms with van der Waals surface area (Å²) >= 11 is 0. The monoisotopic (exact) mass is 905 g/mol. The van der Waals surface area contributed by atoms with Gasteiger partial charge in [0, 0.05) is 13.1 Å². The van der Waals surface area contributed by atoms with Gasteiger partial charge in [-0.15, -0.1) is 0 Å². The molecule has 0 aliphatic carbocycles. The molecule has 0 saturated carbocycles. The SMILES string of the molecule is CCCCCC=CCC=CCCCCCCCCC(CCCCCCCCC=CCC=CCCCCC)C(CCCCCCCCC=CCC=CCCCCC)OC(=O)NCCN(C)C. The van der Waals surface area contributed by atoms with Crippen LogP contribution in [-0.2, 0) is 4.74 Å². The van der Waals surface area contributed by atoms with E-state index in [1.165, 1.54) is 218 Å². The van der Waals surface area contributed by atoms with Crippen molar-refractivity contribution in [2.45, 2.75) is 277 Å². The van der Waals surface area contributed by atoms with Gasteiger partial charge in [-0.25, -0.2) is 4.79 Å². The summed E-state index contributed by atoms with van der Waals surface area (Å²) in [4.78, 5) is 15.3. The number of likely N-dealkylation sites (N-methyl/N-ethyl adjacent to an activating group) is 1. The maximum Gasteiger partial charge on any atom is 0.407 e. The first-order valence-electron chi connectivity index (χ1n) is 28.5. The van der Waals surface area contributed by atoms with Crippen LogP contribution in [0.15, 0.2) is 72.9 Å². The summed E-state index contributed by atoms with van der Waals surface area (Å²) in [7, 11) is 4.11. The lowest BCUT2D eigenvalue weighted by molar-refractivity contribution is 0.0460. The zero-order chi connectivity index (χ0) is 47.2. The van der Waals surface area contributed by atoms with Crippen molar-refractivity contribution in [1.82, 2.24) is 10.2 Å². The van der Waals surface area contributed by atoms with Crippen molar-refractivity contribution in [2.24, 2.45) is 5.92 Å². The molecule has 4 heteroatoms. The highest BCUT2D eigenvalue weighted by molar-refractivity contribution is 5.67. The molecule has 0 heterocycles. The average Bonchev–Trinajstić information content (AvgIpc) is 3.29. The normalized spacial score (nSPS) is 13.4. The minimum absolute atomic E-state index is 0.0242. The highest BCUT2D eigenvalue weighted by Gasteiger charge is 2.24. The largest absolute Gasteiger partial charge is 0.446 e. The van der Waals surface area contributed by atoms with E-state index in [9.17, 15) is 4.79 Å². The van der Waals surface area contributed by atoms with Gasteiger partial charge in [0.25, 0.3) is 0 Å². The number of carbonyl (C=O) groups excluding carboxylic acids is 1. The van der Waals surface area contributed by atoms with Crippen molar-refractivity contribution in [3.63, 3.8) is 0 Å². The fourth-order valence-electron chi connectivity index (χ4n) is 8.59. The molecule has 0 aromatic rings. The van der Waals surface area contributed by atoms with Crippen LogP contribution in [0.25, 0.3) is 0 Å². The van der Waals surface area contributed by atoms with Crippen LogP contribution < -0.4 is 5.32 Å². The predicted octanol–water partition coefficient (Wildman–Crippen LogP) is 19.9. The number of alkyl carbamates (subject to hydrolysis) is 1. The predicted molar refractivity (Wildman–Crippen MR) is 292 cm³/mol. The first-order chi connectivity index (χ1) is 32.0. The minimum Gasteiger partial charge on any atom is -0.446 e. The van der Waals surface area contributed by atoms with E-state index in [2.05, 4.69) is 118 Å². The molecule has 0 aromatic heterocycles. The number of amides is 1. The van der Waals surface area contributed by atoms with Crippen LogP contribution in [-0.4, -0.2) is 44.3 Å². The number of unbranched alkanes of at least 4 members (excludes halogenated alkanes) is 27. The van der Waals surface area contributed by atoms with Gasteiger partial charge in [-0.3, -0.25) is 0 Å². The lowest BCUT2D eigenvalue weighted by Gasteiger charge is -2.28. The maximum atomic E-state index is 13.2. The molecule has 0 radical (unpaired) electrons. The van der Waals surface area contributed by atoms with Crippen molar-refractivity contribution >= 4 is 6.09 Å². The molecule has 0 spiro atoms. The van der Waals surface area contributed by atoms with Crippen molar-refractivity contribution < 1.29 is 9.53 Å². The van der Waals surface area contributed by atoms with Gasteiger partial charge in [0.15, 0.2) is 0 Å². The molecule has 1 unspecified atom stereocenters. The maximum absolute atomic E-state index is 13.2. The molecule has 0 aliphatic rings. The summed E-state index contributed by atoms with van der Waals surface area (Å²) in [6.07, 6.45) is 77.3. The Labute approximate surface area is 407 Å². The fraction of sp³-hybridized carbons (Fsp3) is 0.787. The third kappa shape index (κ3) is 50.9. The molecular weight excluding hydrogens is 793 g/mol. The number of rotatable bonds is 50. The Morgan fingerprint density at radius 3 is 1.02 bits per heavy atom. The van der Waals surface area contributed by atoms with Crippen LogP contribution in [0.3, 0.4) is 0 Å². The number of allylic oxidation sites excluding steroid dienone is 12. The molecule has 1 amide bonds. The second-order valence-electron chi connectivity index (χ2n) is 19.6. The van der Waals surface area contributed by atoms with E-state index in [0.29, 0.717) is 12.5 Å². The van der Waals surface area contributed by atoms with Gasteiger partial charge in [0.2, 0.25) is 0 Å². The number of hydrogen-bond donors (Lipinski definition) is 1. The van der Waals surface area contributed by atoms with Gasteiger partial charge in [-0.05, 0) is 142 Å². The molecule has 4 nitrogen and oxygen atoms in total. The summed E-state index contributed by atoms with van der Waals surface area (Å²) in [6, 6.07) is 0. The number of ether oxygens (including phenoxy) is 1. The zero-order valence-electron chi connectivity index (χ0n) is 44.3. The highest BCUT2D eigenvalue weighted by Crippen LogP contribution is 2.28. The molecule has 0 fully saturated rings. The first kappa shape index (κ1) is 62.7. The molecule has 0 aliphatic heterocycles. The van der Waals surface area contributed by atoms with Gasteiger partial charge in [0.05, 0.1) is 0 Å². The topological polar surface area (TPSA) is 41.6 Å². The second-order valence-corrected chi connectivity index (χ2v) is 19.6. The van der Waals surface area contributed by atoms with Crippen molar-refractivity contribution in [3.05, 3.63) is 72.9 Å². The van der Waals surface area contributed by atoms with Gasteiger partial charge < -0.3 is 15.0 Å². The van der Waals surface area contributed by atoms with Crippen molar-refractivity contribution in [3.8, 4) is 0 Å². The van der Waals surface area contributed by atoms with E-state index in [-0.39, 0.29) is 12.2 Å². The Bertz CT molecular complexity index is 1080. The third-order valence-electron chi connectivity index (χ3n) is 12.9. The summed E-state index contributed by atoms with van der Waals surface area (Å²) < 4.78 is 6.38. The van der Waals surface area contributed by atoms with Crippen LogP contribution in [0.4, 0.5) is 4.79 Å². The summed E-state index contributed by atoms with van der Waals surface area (Å²) in [5.74, 6) is 0.462. The molecule has 0 saturated heterocycles. The molecule has 0 aromatic carbocycles. The standard InChI is InChI=1S/C61H112N2O2/c1-6-9-12-15-18-21-24-27-30-33-36-39-42-45-48-51-54-59(55-52-49-46-43-40-37-34-31-28-25-22-19-16-13-10-7-2)60(65-61(64)62-57-58-63(4)5)56-53-50-47-44-41-38-35-32-29-26-23-20-17-14-11-8-3/h18-23,27-32,59-60H,6-17,24-26,33-58H2,1-5H3,(H,62,64). The molecule has 65 heavy (non-hydrogen) atoms.